The number of hydrazine groups is 1. The molecule has 3 atom stereocenters. The van der Waals surface area contributed by atoms with E-state index < -0.39 is 0 Å². The highest BCUT2D eigenvalue weighted by Gasteiger charge is 2.62. The monoisotopic (exact) mass is 347 g/mol. The topological polar surface area (TPSA) is 43.9 Å². The van der Waals surface area contributed by atoms with E-state index in [4.69, 9.17) is 0 Å². The van der Waals surface area contributed by atoms with E-state index in [1.54, 1.807) is 0 Å². The normalized spacial score (nSPS) is 28.7. The van der Waals surface area contributed by atoms with Crippen LogP contribution >= 0.6 is 0 Å². The molecule has 0 saturated carbocycles. The van der Waals surface area contributed by atoms with Gasteiger partial charge < -0.3 is 0 Å². The second-order valence-electron chi connectivity index (χ2n) is 7.36. The van der Waals surface area contributed by atoms with E-state index in [9.17, 15) is 9.59 Å². The lowest BCUT2D eigenvalue weighted by atomic mass is 9.90. The van der Waals surface area contributed by atoms with Crippen LogP contribution in [0.1, 0.15) is 23.6 Å². The maximum atomic E-state index is 13.4. The van der Waals surface area contributed by atoms with Crippen LogP contribution in [0.4, 0.5) is 5.69 Å². The highest BCUT2D eigenvalue weighted by atomic mass is 16.2. The highest BCUT2D eigenvalue weighted by molar-refractivity contribution is 6.24. The number of rotatable bonds is 2. The average Bonchev–Trinajstić information content (AvgIpc) is 3.28. The Kier molecular flexibility index (Phi) is 3.48. The minimum Gasteiger partial charge on any atom is -0.274 e. The predicted octanol–water partition coefficient (Wildman–Crippen LogP) is 2.53. The summed E-state index contributed by atoms with van der Waals surface area (Å²) in [6.45, 7) is 3.72. The molecule has 26 heavy (non-hydrogen) atoms. The third-order valence-electron chi connectivity index (χ3n) is 5.81. The van der Waals surface area contributed by atoms with Crippen molar-refractivity contribution in [3.63, 3.8) is 0 Å². The van der Waals surface area contributed by atoms with Crippen molar-refractivity contribution >= 4 is 17.5 Å². The van der Waals surface area contributed by atoms with Crippen molar-refractivity contribution in [3.8, 4) is 0 Å². The Labute approximate surface area is 152 Å². The van der Waals surface area contributed by atoms with E-state index >= 15 is 0 Å². The van der Waals surface area contributed by atoms with Crippen LogP contribution in [0.3, 0.4) is 0 Å². The first-order valence-electron chi connectivity index (χ1n) is 9.19. The molecule has 3 aliphatic heterocycles. The predicted molar refractivity (Wildman–Crippen MR) is 98.2 cm³/mol. The molecule has 3 aliphatic rings. The highest BCUT2D eigenvalue weighted by Crippen LogP contribution is 2.48. The maximum Gasteiger partial charge on any atom is 0.253 e. The minimum atomic E-state index is -0.379. The molecule has 2 amide bonds. The minimum absolute atomic E-state index is 0.0602. The van der Waals surface area contributed by atoms with Crippen molar-refractivity contribution in [1.82, 2.24) is 10.0 Å². The van der Waals surface area contributed by atoms with Gasteiger partial charge in [-0.25, -0.2) is 14.9 Å². The van der Waals surface area contributed by atoms with E-state index in [-0.39, 0.29) is 29.8 Å². The third-order valence-corrected chi connectivity index (χ3v) is 5.81. The standard InChI is InChI=1S/C21H21N3O2/c1-14-7-5-10-16(13-14)24-20(25)17-18(15-8-3-2-4-9-15)22-11-6-12-23(22)19(17)21(24)26/h2-5,7-10,13,17-19H,6,11-12H2,1H3/t17-,18-,19+/m0/s1. The van der Waals surface area contributed by atoms with Crippen molar-refractivity contribution in [2.24, 2.45) is 5.92 Å². The summed E-state index contributed by atoms with van der Waals surface area (Å²) in [5, 5.41) is 4.38. The van der Waals surface area contributed by atoms with Crippen LogP contribution in [0.25, 0.3) is 0 Å². The fourth-order valence-corrected chi connectivity index (χ4v) is 4.79. The maximum absolute atomic E-state index is 13.4. The SMILES string of the molecule is Cc1cccc(N2C(=O)[C@@H]3[C@H](C2=O)N2CCCN2[C@H]3c2ccccc2)c1. The fraction of sp³-hybridized carbons (Fsp3) is 0.333. The van der Waals surface area contributed by atoms with E-state index in [2.05, 4.69) is 22.2 Å². The van der Waals surface area contributed by atoms with Crippen molar-refractivity contribution in [2.75, 3.05) is 18.0 Å². The lowest BCUT2D eigenvalue weighted by molar-refractivity contribution is -0.126. The van der Waals surface area contributed by atoms with E-state index in [0.29, 0.717) is 5.69 Å². The van der Waals surface area contributed by atoms with E-state index in [1.807, 2.05) is 49.4 Å². The van der Waals surface area contributed by atoms with Gasteiger partial charge in [-0.05, 0) is 36.6 Å². The van der Waals surface area contributed by atoms with Crippen LogP contribution in [0.15, 0.2) is 54.6 Å². The number of carbonyl (C=O) groups excluding carboxylic acids is 2. The van der Waals surface area contributed by atoms with Crippen LogP contribution in [0.5, 0.6) is 0 Å². The quantitative estimate of drug-likeness (QED) is 0.783. The summed E-state index contributed by atoms with van der Waals surface area (Å²) >= 11 is 0. The Hall–Kier alpha value is -2.50. The molecule has 5 nitrogen and oxygen atoms in total. The van der Waals surface area contributed by atoms with Crippen LogP contribution in [-0.2, 0) is 9.59 Å². The number of benzene rings is 2. The molecule has 132 valence electrons. The van der Waals surface area contributed by atoms with Crippen molar-refractivity contribution in [3.05, 3.63) is 65.7 Å². The van der Waals surface area contributed by atoms with Gasteiger partial charge in [0.2, 0.25) is 5.91 Å². The number of carbonyl (C=O) groups is 2. The zero-order valence-corrected chi connectivity index (χ0v) is 14.7. The molecule has 5 heteroatoms. The van der Waals surface area contributed by atoms with Gasteiger partial charge in [-0.2, -0.15) is 0 Å². The molecule has 0 spiro atoms. The van der Waals surface area contributed by atoms with E-state index in [1.165, 1.54) is 4.90 Å². The number of fused-ring (bicyclic) bond motifs is 3. The summed E-state index contributed by atoms with van der Waals surface area (Å²) in [5.41, 5.74) is 2.84. The molecular formula is C21H21N3O2. The molecule has 3 heterocycles. The number of amides is 2. The first kappa shape index (κ1) is 15.7. The molecule has 5 rings (SSSR count). The molecular weight excluding hydrogens is 326 g/mol. The summed E-state index contributed by atoms with van der Waals surface area (Å²) in [5.74, 6) is -0.504. The molecule has 0 aromatic heterocycles. The van der Waals surface area contributed by atoms with Gasteiger partial charge in [0.1, 0.15) is 6.04 Å². The lowest BCUT2D eigenvalue weighted by Gasteiger charge is -2.29. The Morgan fingerprint density at radius 1 is 0.846 bits per heavy atom. The number of aryl methyl sites for hydroxylation is 1. The smallest absolute Gasteiger partial charge is 0.253 e. The second-order valence-corrected chi connectivity index (χ2v) is 7.36. The summed E-state index contributed by atoms with van der Waals surface area (Å²) in [4.78, 5) is 28.1. The first-order valence-corrected chi connectivity index (χ1v) is 9.19. The number of hydrogen-bond donors (Lipinski definition) is 0. The van der Waals surface area contributed by atoms with Gasteiger partial charge in [0.05, 0.1) is 17.6 Å². The Morgan fingerprint density at radius 2 is 1.58 bits per heavy atom. The summed E-state index contributed by atoms with van der Waals surface area (Å²) in [7, 11) is 0. The zero-order valence-electron chi connectivity index (χ0n) is 14.7. The van der Waals surface area contributed by atoms with Gasteiger partial charge in [-0.3, -0.25) is 9.59 Å². The fourth-order valence-electron chi connectivity index (χ4n) is 4.79. The van der Waals surface area contributed by atoms with Gasteiger partial charge in [-0.1, -0.05) is 42.5 Å². The number of nitrogens with zero attached hydrogens (tertiary/aromatic N) is 3. The molecule has 0 bridgehead atoms. The summed E-state index contributed by atoms with van der Waals surface area (Å²) in [6.07, 6.45) is 1.03. The van der Waals surface area contributed by atoms with Crippen molar-refractivity contribution in [1.29, 1.82) is 0 Å². The molecule has 3 saturated heterocycles. The van der Waals surface area contributed by atoms with Crippen LogP contribution < -0.4 is 4.90 Å². The Balaban J connectivity index is 1.60. The molecule has 0 aliphatic carbocycles. The van der Waals surface area contributed by atoms with Gasteiger partial charge in [0.15, 0.2) is 0 Å². The second kappa shape index (κ2) is 5.76. The largest absolute Gasteiger partial charge is 0.274 e. The zero-order chi connectivity index (χ0) is 17.8. The number of anilines is 1. The summed E-state index contributed by atoms with van der Waals surface area (Å²) in [6, 6.07) is 17.3. The van der Waals surface area contributed by atoms with E-state index in [0.717, 1.165) is 30.6 Å². The molecule has 0 unspecified atom stereocenters. The lowest BCUT2D eigenvalue weighted by Crippen LogP contribution is -2.44. The molecule has 3 fully saturated rings. The van der Waals surface area contributed by atoms with Gasteiger partial charge in [0.25, 0.3) is 5.91 Å². The number of hydrogen-bond acceptors (Lipinski definition) is 4. The third kappa shape index (κ3) is 2.11. The molecule has 2 aromatic rings. The van der Waals surface area contributed by atoms with Gasteiger partial charge >= 0.3 is 0 Å². The Morgan fingerprint density at radius 3 is 2.31 bits per heavy atom. The van der Waals surface area contributed by atoms with Crippen molar-refractivity contribution in [2.45, 2.75) is 25.4 Å². The van der Waals surface area contributed by atoms with Crippen LogP contribution in [0.2, 0.25) is 0 Å². The van der Waals surface area contributed by atoms with Crippen LogP contribution in [0, 0.1) is 12.8 Å². The molecule has 2 aromatic carbocycles. The van der Waals surface area contributed by atoms with Crippen LogP contribution in [-0.4, -0.2) is 41.0 Å². The van der Waals surface area contributed by atoms with Gasteiger partial charge in [0, 0.05) is 13.1 Å². The molecule has 0 radical (unpaired) electrons. The average molecular weight is 347 g/mol. The first-order chi connectivity index (χ1) is 12.7. The number of imide groups is 1. The molecule has 0 N–H and O–H groups in total. The van der Waals surface area contributed by atoms with Crippen molar-refractivity contribution < 1.29 is 9.59 Å². The Bertz CT molecular complexity index is 882. The summed E-state index contributed by atoms with van der Waals surface area (Å²) < 4.78 is 0. The van der Waals surface area contributed by atoms with Gasteiger partial charge in [-0.15, -0.1) is 0 Å².